The Morgan fingerprint density at radius 2 is 1.88 bits per heavy atom. The van der Waals surface area contributed by atoms with Crippen LogP contribution in [0, 0.1) is 13.8 Å². The highest BCUT2D eigenvalue weighted by Gasteiger charge is 2.16. The Balaban J connectivity index is 1.84. The normalized spacial score (nSPS) is 11.7. The third-order valence-corrected chi connectivity index (χ3v) is 4.97. The highest BCUT2D eigenvalue weighted by atomic mass is 35.5. The minimum absolute atomic E-state index is 0.130. The summed E-state index contributed by atoms with van der Waals surface area (Å²) in [5.41, 5.74) is 3.47. The number of halogens is 1. The van der Waals surface area contributed by atoms with Gasteiger partial charge in [-0.05, 0) is 56.2 Å². The van der Waals surface area contributed by atoms with Crippen LogP contribution in [-0.2, 0) is 9.59 Å². The first-order valence-corrected chi connectivity index (χ1v) is 9.33. The summed E-state index contributed by atoms with van der Waals surface area (Å²) in [4.78, 5) is 24.3. The Bertz CT molecular complexity index is 780. The molecule has 0 aliphatic rings. The second-order valence-corrected chi connectivity index (χ2v) is 7.58. The summed E-state index contributed by atoms with van der Waals surface area (Å²) in [6.45, 7) is 5.65. The summed E-state index contributed by atoms with van der Waals surface area (Å²) in [6.07, 6.45) is 0. The topological polar surface area (TPSA) is 58.2 Å². The second-order valence-electron chi connectivity index (χ2n) is 5.82. The van der Waals surface area contributed by atoms with Gasteiger partial charge in [0.15, 0.2) is 0 Å². The van der Waals surface area contributed by atoms with Crippen molar-refractivity contribution in [2.24, 2.45) is 0 Å². The van der Waals surface area contributed by atoms with Gasteiger partial charge in [0.1, 0.15) is 0 Å². The molecule has 0 unspecified atom stereocenters. The maximum absolute atomic E-state index is 12.3. The molecule has 0 heterocycles. The van der Waals surface area contributed by atoms with Crippen molar-refractivity contribution in [3.05, 3.63) is 58.6 Å². The first-order valence-electron chi connectivity index (χ1n) is 7.90. The largest absolute Gasteiger partial charge is 0.325 e. The fraction of sp³-hybridized carbons (Fsp3) is 0.263. The number of nitrogens with one attached hydrogen (secondary N) is 2. The molecule has 0 saturated heterocycles. The first-order chi connectivity index (χ1) is 11.8. The number of amides is 2. The second kappa shape index (κ2) is 8.92. The lowest BCUT2D eigenvalue weighted by molar-refractivity contribution is -0.115. The van der Waals surface area contributed by atoms with Crippen LogP contribution in [0.2, 0.25) is 5.02 Å². The van der Waals surface area contributed by atoms with Crippen molar-refractivity contribution in [1.82, 2.24) is 0 Å². The van der Waals surface area contributed by atoms with Gasteiger partial charge in [-0.3, -0.25) is 9.59 Å². The minimum atomic E-state index is -0.360. The molecule has 0 aliphatic carbocycles. The third-order valence-electron chi connectivity index (χ3n) is 3.59. The number of thioether (sulfide) groups is 1. The van der Waals surface area contributed by atoms with E-state index in [0.29, 0.717) is 10.7 Å². The zero-order chi connectivity index (χ0) is 18.4. The van der Waals surface area contributed by atoms with E-state index in [-0.39, 0.29) is 22.8 Å². The Hall–Kier alpha value is -1.98. The minimum Gasteiger partial charge on any atom is -0.325 e. The molecule has 2 aromatic carbocycles. The molecule has 25 heavy (non-hydrogen) atoms. The van der Waals surface area contributed by atoms with Gasteiger partial charge in [-0.2, -0.15) is 0 Å². The van der Waals surface area contributed by atoms with Gasteiger partial charge in [-0.1, -0.05) is 29.8 Å². The molecule has 4 nitrogen and oxygen atoms in total. The maximum Gasteiger partial charge on any atom is 0.237 e. The van der Waals surface area contributed by atoms with Crippen molar-refractivity contribution in [1.29, 1.82) is 0 Å². The van der Waals surface area contributed by atoms with Crippen LogP contribution in [0.25, 0.3) is 0 Å². The third kappa shape index (κ3) is 6.11. The molecule has 2 rings (SSSR count). The molecule has 0 radical (unpaired) electrons. The van der Waals surface area contributed by atoms with Gasteiger partial charge in [-0.25, -0.2) is 0 Å². The fourth-order valence-corrected chi connectivity index (χ4v) is 3.02. The van der Waals surface area contributed by atoms with Crippen LogP contribution in [0.15, 0.2) is 42.5 Å². The Morgan fingerprint density at radius 1 is 1.12 bits per heavy atom. The van der Waals surface area contributed by atoms with E-state index in [1.165, 1.54) is 11.8 Å². The predicted molar refractivity (Wildman–Crippen MR) is 107 cm³/mol. The lowest BCUT2D eigenvalue weighted by Gasteiger charge is -2.14. The van der Waals surface area contributed by atoms with Crippen molar-refractivity contribution in [3.63, 3.8) is 0 Å². The van der Waals surface area contributed by atoms with Gasteiger partial charge in [0.25, 0.3) is 0 Å². The molecule has 0 saturated carbocycles. The number of aryl methyl sites for hydroxylation is 2. The van der Waals surface area contributed by atoms with Crippen molar-refractivity contribution >= 4 is 46.6 Å². The van der Waals surface area contributed by atoms with Crippen LogP contribution >= 0.6 is 23.4 Å². The highest BCUT2D eigenvalue weighted by Crippen LogP contribution is 2.22. The first kappa shape index (κ1) is 19.3. The van der Waals surface area contributed by atoms with E-state index in [2.05, 4.69) is 10.6 Å². The van der Waals surface area contributed by atoms with E-state index >= 15 is 0 Å². The van der Waals surface area contributed by atoms with E-state index in [1.807, 2.05) is 44.2 Å². The van der Waals surface area contributed by atoms with Crippen molar-refractivity contribution in [2.75, 3.05) is 16.4 Å². The van der Waals surface area contributed by atoms with Gasteiger partial charge in [0.2, 0.25) is 11.8 Å². The molecule has 0 aromatic heterocycles. The molecular formula is C19H21ClN2O2S. The van der Waals surface area contributed by atoms with Crippen LogP contribution in [0.5, 0.6) is 0 Å². The standard InChI is InChI=1S/C19H21ClN2O2S/c1-12-5-4-6-16(9-12)21-18(23)11-25-14(3)19(24)22-17-10-15(20)8-7-13(17)2/h4-10,14H,11H2,1-3H3,(H,21,23)(H,22,24)/t14-/m0/s1. The molecule has 0 aliphatic heterocycles. The number of rotatable bonds is 6. The molecule has 0 bridgehead atoms. The molecule has 0 spiro atoms. The van der Waals surface area contributed by atoms with E-state index < -0.39 is 0 Å². The van der Waals surface area contributed by atoms with Gasteiger partial charge >= 0.3 is 0 Å². The summed E-state index contributed by atoms with van der Waals surface area (Å²) in [5, 5.41) is 5.90. The van der Waals surface area contributed by atoms with Crippen LogP contribution in [-0.4, -0.2) is 22.8 Å². The summed E-state index contributed by atoms with van der Waals surface area (Å²) < 4.78 is 0. The Morgan fingerprint density at radius 3 is 2.60 bits per heavy atom. The smallest absolute Gasteiger partial charge is 0.237 e. The summed E-state index contributed by atoms with van der Waals surface area (Å²) >= 11 is 7.25. The van der Waals surface area contributed by atoms with Crippen molar-refractivity contribution in [2.45, 2.75) is 26.0 Å². The number of hydrogen-bond acceptors (Lipinski definition) is 3. The number of benzene rings is 2. The Labute approximate surface area is 157 Å². The lowest BCUT2D eigenvalue weighted by atomic mass is 10.2. The fourth-order valence-electron chi connectivity index (χ4n) is 2.16. The van der Waals surface area contributed by atoms with E-state index in [1.54, 1.807) is 19.1 Å². The molecule has 0 fully saturated rings. The number of hydrogen-bond donors (Lipinski definition) is 2. The van der Waals surface area contributed by atoms with Gasteiger partial charge in [-0.15, -0.1) is 11.8 Å². The van der Waals surface area contributed by atoms with Crippen LogP contribution in [0.3, 0.4) is 0 Å². The maximum atomic E-state index is 12.3. The average molecular weight is 377 g/mol. The summed E-state index contributed by atoms with van der Waals surface area (Å²) in [5.74, 6) is -0.0789. The molecule has 6 heteroatoms. The molecule has 2 N–H and O–H groups in total. The molecule has 2 aromatic rings. The number of carbonyl (C=O) groups excluding carboxylic acids is 2. The van der Waals surface area contributed by atoms with E-state index in [9.17, 15) is 9.59 Å². The number of anilines is 2. The molecule has 132 valence electrons. The summed E-state index contributed by atoms with van der Waals surface area (Å²) in [7, 11) is 0. The highest BCUT2D eigenvalue weighted by molar-refractivity contribution is 8.01. The quantitative estimate of drug-likeness (QED) is 0.771. The zero-order valence-electron chi connectivity index (χ0n) is 14.4. The predicted octanol–water partition coefficient (Wildman–Crippen LogP) is 4.66. The summed E-state index contributed by atoms with van der Waals surface area (Å²) in [6, 6.07) is 13.0. The molecular weight excluding hydrogens is 356 g/mol. The monoisotopic (exact) mass is 376 g/mol. The molecule has 2 amide bonds. The lowest BCUT2D eigenvalue weighted by Crippen LogP contribution is -2.25. The van der Waals surface area contributed by atoms with Crippen molar-refractivity contribution < 1.29 is 9.59 Å². The SMILES string of the molecule is Cc1cccc(NC(=O)CS[C@@H](C)C(=O)Nc2cc(Cl)ccc2C)c1. The van der Waals surface area contributed by atoms with Crippen molar-refractivity contribution in [3.8, 4) is 0 Å². The zero-order valence-corrected chi connectivity index (χ0v) is 16.0. The van der Waals surface area contributed by atoms with Gasteiger partial charge in [0, 0.05) is 16.4 Å². The number of carbonyl (C=O) groups is 2. The molecule has 1 atom stereocenters. The average Bonchev–Trinajstić information content (AvgIpc) is 2.56. The Kier molecular flexibility index (Phi) is 6.91. The van der Waals surface area contributed by atoms with E-state index in [4.69, 9.17) is 11.6 Å². The van der Waals surface area contributed by atoms with Crippen LogP contribution < -0.4 is 10.6 Å². The van der Waals surface area contributed by atoms with Crippen LogP contribution in [0.1, 0.15) is 18.1 Å². The van der Waals surface area contributed by atoms with Gasteiger partial charge in [0.05, 0.1) is 11.0 Å². The van der Waals surface area contributed by atoms with E-state index in [0.717, 1.165) is 16.8 Å². The van der Waals surface area contributed by atoms with Crippen LogP contribution in [0.4, 0.5) is 11.4 Å². The van der Waals surface area contributed by atoms with Gasteiger partial charge < -0.3 is 10.6 Å².